The first-order valence-electron chi connectivity index (χ1n) is 9.22. The van der Waals surface area contributed by atoms with Gasteiger partial charge in [0.1, 0.15) is 0 Å². The molecule has 1 atom stereocenters. The van der Waals surface area contributed by atoms with Crippen LogP contribution in [0.1, 0.15) is 33.6 Å². The van der Waals surface area contributed by atoms with E-state index in [1.54, 1.807) is 0 Å². The molecule has 1 aromatic carbocycles. The van der Waals surface area contributed by atoms with E-state index in [1.807, 2.05) is 24.0 Å². The number of nitrogen functional groups attached to an aromatic ring is 1. The van der Waals surface area contributed by atoms with E-state index in [9.17, 15) is 0 Å². The number of benzene rings is 1. The number of hydrogen-bond donors (Lipinski definition) is 1. The fourth-order valence-electron chi connectivity index (χ4n) is 3.32. The molecule has 138 valence electrons. The van der Waals surface area contributed by atoms with Crippen molar-refractivity contribution in [2.45, 2.75) is 57.8 Å². The van der Waals surface area contributed by atoms with Crippen LogP contribution in [-0.4, -0.2) is 37.3 Å². The van der Waals surface area contributed by atoms with Gasteiger partial charge in [0.05, 0.1) is 23.0 Å². The van der Waals surface area contributed by atoms with Gasteiger partial charge in [-0.2, -0.15) is 5.10 Å². The second kappa shape index (κ2) is 6.32. The Hall–Kier alpha value is -1.53. The lowest BCUT2D eigenvalue weighted by Gasteiger charge is -2.43. The number of piperidine rings is 1. The molecule has 1 unspecified atom stereocenters. The van der Waals surface area contributed by atoms with Crippen molar-refractivity contribution in [2.24, 2.45) is 7.05 Å². The van der Waals surface area contributed by atoms with Gasteiger partial charge in [0.15, 0.2) is 8.32 Å². The van der Waals surface area contributed by atoms with Gasteiger partial charge in [-0.05, 0) is 43.1 Å². The van der Waals surface area contributed by atoms with E-state index in [0.29, 0.717) is 0 Å². The van der Waals surface area contributed by atoms with Crippen LogP contribution < -0.4 is 10.6 Å². The Morgan fingerprint density at radius 2 is 2.00 bits per heavy atom. The van der Waals surface area contributed by atoms with Crippen molar-refractivity contribution >= 4 is 30.6 Å². The Kier molecular flexibility index (Phi) is 4.62. The predicted molar refractivity (Wildman–Crippen MR) is 109 cm³/mol. The van der Waals surface area contributed by atoms with Crippen molar-refractivity contribution in [3.8, 4) is 0 Å². The van der Waals surface area contributed by atoms with Gasteiger partial charge >= 0.3 is 0 Å². The van der Waals surface area contributed by atoms with Crippen LogP contribution in [0.5, 0.6) is 0 Å². The van der Waals surface area contributed by atoms with Crippen LogP contribution in [0.2, 0.25) is 18.1 Å². The first kappa shape index (κ1) is 18.3. The van der Waals surface area contributed by atoms with E-state index in [4.69, 9.17) is 10.2 Å². The molecule has 0 aliphatic carbocycles. The zero-order chi connectivity index (χ0) is 18.4. The molecule has 5 nitrogen and oxygen atoms in total. The molecule has 25 heavy (non-hydrogen) atoms. The second-order valence-corrected chi connectivity index (χ2v) is 13.6. The molecule has 2 N–H and O–H groups in total. The van der Waals surface area contributed by atoms with Crippen molar-refractivity contribution in [2.75, 3.05) is 23.7 Å². The van der Waals surface area contributed by atoms with E-state index in [1.165, 1.54) is 0 Å². The van der Waals surface area contributed by atoms with Gasteiger partial charge < -0.3 is 15.1 Å². The lowest BCUT2D eigenvalue weighted by Crippen LogP contribution is -2.49. The summed E-state index contributed by atoms with van der Waals surface area (Å²) < 4.78 is 8.50. The first-order valence-corrected chi connectivity index (χ1v) is 12.1. The smallest absolute Gasteiger partial charge is 0.192 e. The molecule has 1 aliphatic heterocycles. The quantitative estimate of drug-likeness (QED) is 0.660. The molecular weight excluding hydrogens is 328 g/mol. The number of anilines is 2. The topological polar surface area (TPSA) is 56.3 Å². The monoisotopic (exact) mass is 360 g/mol. The minimum Gasteiger partial charge on any atom is -0.412 e. The third-order valence-corrected chi connectivity index (χ3v) is 10.3. The Morgan fingerprint density at radius 1 is 1.28 bits per heavy atom. The Bertz CT molecular complexity index is 763. The number of aryl methyl sites for hydroxylation is 1. The second-order valence-electron chi connectivity index (χ2n) is 8.86. The van der Waals surface area contributed by atoms with Gasteiger partial charge in [-0.3, -0.25) is 4.68 Å². The highest BCUT2D eigenvalue weighted by Crippen LogP contribution is 2.39. The summed E-state index contributed by atoms with van der Waals surface area (Å²) in [6, 6.07) is 4.16. The molecule has 0 amide bonds. The SMILES string of the molecule is Cn1cc2cc(N)c(N3CCCC(O[Si](C)(C)C(C)(C)C)C3)cc2n1. The highest BCUT2D eigenvalue weighted by molar-refractivity contribution is 6.74. The maximum absolute atomic E-state index is 6.66. The Morgan fingerprint density at radius 3 is 2.68 bits per heavy atom. The van der Waals surface area contributed by atoms with Gasteiger partial charge in [0.25, 0.3) is 0 Å². The summed E-state index contributed by atoms with van der Waals surface area (Å²) >= 11 is 0. The van der Waals surface area contributed by atoms with Crippen molar-refractivity contribution in [3.05, 3.63) is 18.3 Å². The number of rotatable bonds is 3. The highest BCUT2D eigenvalue weighted by Gasteiger charge is 2.40. The summed E-state index contributed by atoms with van der Waals surface area (Å²) in [6.07, 6.45) is 4.57. The Balaban J connectivity index is 1.81. The zero-order valence-corrected chi connectivity index (χ0v) is 17.5. The van der Waals surface area contributed by atoms with Gasteiger partial charge in [0, 0.05) is 31.7 Å². The standard InChI is InChI=1S/C19H32N4OSi/c1-19(2,3)25(5,6)24-15-8-7-9-23(13-15)18-11-17-14(10-16(18)20)12-22(4)21-17/h10-12,15H,7-9,13,20H2,1-6H3. The summed E-state index contributed by atoms with van der Waals surface area (Å²) in [6.45, 7) is 13.5. The van der Waals surface area contributed by atoms with Crippen LogP contribution in [0.25, 0.3) is 10.9 Å². The fraction of sp³-hybridized carbons (Fsp3) is 0.632. The molecule has 1 aromatic heterocycles. The normalized spacial score (nSPS) is 19.6. The number of nitrogens with zero attached hydrogens (tertiary/aromatic N) is 3. The van der Waals surface area contributed by atoms with E-state index in [-0.39, 0.29) is 11.1 Å². The Labute approximate surface area is 152 Å². The molecule has 0 bridgehead atoms. The molecule has 3 rings (SSSR count). The van der Waals surface area contributed by atoms with Crippen LogP contribution in [-0.2, 0) is 11.5 Å². The lowest BCUT2D eigenvalue weighted by atomic mass is 10.1. The van der Waals surface area contributed by atoms with E-state index in [2.05, 4.69) is 49.9 Å². The zero-order valence-electron chi connectivity index (χ0n) is 16.5. The van der Waals surface area contributed by atoms with Crippen LogP contribution in [0, 0.1) is 0 Å². The summed E-state index contributed by atoms with van der Waals surface area (Å²) in [5.74, 6) is 0. The first-order chi connectivity index (χ1) is 11.6. The van der Waals surface area contributed by atoms with Crippen molar-refractivity contribution in [1.82, 2.24) is 9.78 Å². The lowest BCUT2D eigenvalue weighted by molar-refractivity contribution is 0.160. The third-order valence-electron chi connectivity index (χ3n) is 5.75. The maximum atomic E-state index is 6.66. The van der Waals surface area contributed by atoms with E-state index in [0.717, 1.165) is 48.2 Å². The van der Waals surface area contributed by atoms with Gasteiger partial charge in [0.2, 0.25) is 0 Å². The molecule has 1 aliphatic rings. The summed E-state index contributed by atoms with van der Waals surface area (Å²) in [7, 11) is 0.194. The predicted octanol–water partition coefficient (Wildman–Crippen LogP) is 4.15. The molecule has 2 aromatic rings. The van der Waals surface area contributed by atoms with E-state index < -0.39 is 8.32 Å². The largest absolute Gasteiger partial charge is 0.412 e. The number of aromatic nitrogens is 2. The van der Waals surface area contributed by atoms with E-state index >= 15 is 0 Å². The van der Waals surface area contributed by atoms with Crippen LogP contribution in [0.4, 0.5) is 11.4 Å². The van der Waals surface area contributed by atoms with Crippen molar-refractivity contribution in [3.63, 3.8) is 0 Å². The molecule has 0 radical (unpaired) electrons. The van der Waals surface area contributed by atoms with Crippen LogP contribution in [0.3, 0.4) is 0 Å². The molecule has 1 saturated heterocycles. The van der Waals surface area contributed by atoms with Crippen molar-refractivity contribution in [1.29, 1.82) is 0 Å². The van der Waals surface area contributed by atoms with Gasteiger partial charge in [-0.25, -0.2) is 0 Å². The summed E-state index contributed by atoms with van der Waals surface area (Å²) in [4.78, 5) is 2.38. The minimum absolute atomic E-state index is 0.237. The average molecular weight is 361 g/mol. The average Bonchev–Trinajstić information content (AvgIpc) is 2.84. The number of hydrogen-bond acceptors (Lipinski definition) is 4. The maximum Gasteiger partial charge on any atom is 0.192 e. The third kappa shape index (κ3) is 3.70. The minimum atomic E-state index is -1.75. The highest BCUT2D eigenvalue weighted by atomic mass is 28.4. The molecule has 0 spiro atoms. The molecule has 6 heteroatoms. The van der Waals surface area contributed by atoms with Crippen LogP contribution in [0.15, 0.2) is 18.3 Å². The van der Waals surface area contributed by atoms with Crippen LogP contribution >= 0.6 is 0 Å². The molecular formula is C19H32N4OSi. The summed E-state index contributed by atoms with van der Waals surface area (Å²) in [5.41, 5.74) is 9.28. The summed E-state index contributed by atoms with van der Waals surface area (Å²) in [5, 5.41) is 5.86. The number of nitrogens with two attached hydrogens (primary N) is 1. The molecule has 2 heterocycles. The molecule has 1 fully saturated rings. The van der Waals surface area contributed by atoms with Gasteiger partial charge in [-0.15, -0.1) is 0 Å². The fourth-order valence-corrected chi connectivity index (χ4v) is 4.70. The van der Waals surface area contributed by atoms with Crippen molar-refractivity contribution < 1.29 is 4.43 Å². The molecule has 0 saturated carbocycles. The van der Waals surface area contributed by atoms with Gasteiger partial charge in [-0.1, -0.05) is 20.8 Å². The number of fused-ring (bicyclic) bond motifs is 1.